The highest BCUT2D eigenvalue weighted by atomic mass is 35.5. The fraction of sp³-hybridized carbons (Fsp3) is 0.286. The number of halogens is 7. The minimum absolute atomic E-state index is 0.0765. The molecule has 1 saturated carbocycles. The van der Waals surface area contributed by atoms with E-state index in [0.29, 0.717) is 16.8 Å². The van der Waals surface area contributed by atoms with Crippen molar-refractivity contribution in [3.05, 3.63) is 69.7 Å². The first-order valence-corrected chi connectivity index (χ1v) is 10.6. The van der Waals surface area contributed by atoms with Gasteiger partial charge in [-0.2, -0.15) is 17.9 Å². The zero-order valence-corrected chi connectivity index (χ0v) is 18.3. The van der Waals surface area contributed by atoms with Crippen LogP contribution in [0.25, 0.3) is 5.69 Å². The van der Waals surface area contributed by atoms with Gasteiger partial charge >= 0.3 is 11.9 Å². The van der Waals surface area contributed by atoms with E-state index in [2.05, 4.69) is 9.84 Å². The van der Waals surface area contributed by atoms with Gasteiger partial charge in [-0.05, 0) is 31.0 Å². The number of nitrogens with zero attached hydrogens (tertiary/aromatic N) is 3. The van der Waals surface area contributed by atoms with Crippen molar-refractivity contribution in [2.75, 3.05) is 11.9 Å². The number of para-hydroxylation sites is 1. The van der Waals surface area contributed by atoms with Crippen molar-refractivity contribution in [1.82, 2.24) is 14.3 Å². The number of anilines is 1. The van der Waals surface area contributed by atoms with Gasteiger partial charge in [0.05, 0.1) is 5.56 Å². The molecule has 0 aliphatic heterocycles. The molecule has 1 N–H and O–H groups in total. The molecule has 1 aromatic heterocycles. The summed E-state index contributed by atoms with van der Waals surface area (Å²) < 4.78 is 87.7. The normalized spacial score (nSPS) is 13.7. The average Bonchev–Trinajstić information content (AvgIpc) is 3.58. The quantitative estimate of drug-likeness (QED) is 0.361. The van der Waals surface area contributed by atoms with E-state index >= 15 is 4.39 Å². The molecule has 0 radical (unpaired) electrons. The molecular formula is C21H15ClF6N4O3. The van der Waals surface area contributed by atoms with Gasteiger partial charge in [0.1, 0.15) is 46.4 Å². The molecule has 2 aromatic carbocycles. The first-order valence-electron chi connectivity index (χ1n) is 10.0. The van der Waals surface area contributed by atoms with Crippen LogP contribution in [0.5, 0.6) is 5.75 Å². The van der Waals surface area contributed by atoms with Gasteiger partial charge in [0.15, 0.2) is 6.61 Å². The molecule has 4 rings (SSSR count). The highest BCUT2D eigenvalue weighted by Gasteiger charge is 2.33. The van der Waals surface area contributed by atoms with E-state index in [9.17, 15) is 31.5 Å². The van der Waals surface area contributed by atoms with Crippen molar-refractivity contribution in [1.29, 1.82) is 0 Å². The molecule has 0 bridgehead atoms. The number of benzene rings is 2. The van der Waals surface area contributed by atoms with Gasteiger partial charge in [0.25, 0.3) is 5.91 Å². The van der Waals surface area contributed by atoms with Crippen molar-refractivity contribution < 1.29 is 35.9 Å². The van der Waals surface area contributed by atoms with Crippen LogP contribution in [-0.2, 0) is 6.00 Å². The first-order chi connectivity index (χ1) is 16.5. The number of alkyl halides is 4. The van der Waals surface area contributed by atoms with Gasteiger partial charge in [-0.25, -0.2) is 18.0 Å². The van der Waals surface area contributed by atoms with Crippen LogP contribution in [0.2, 0.25) is 0 Å². The second-order valence-electron chi connectivity index (χ2n) is 7.63. The number of rotatable bonds is 7. The number of aromatic nitrogens is 3. The Labute approximate surface area is 197 Å². The van der Waals surface area contributed by atoms with E-state index in [1.165, 1.54) is 0 Å². The zero-order chi connectivity index (χ0) is 25.5. The molecule has 1 aliphatic carbocycles. The highest BCUT2D eigenvalue weighted by molar-refractivity contribution is 6.15. The van der Waals surface area contributed by atoms with E-state index in [1.807, 2.05) is 5.32 Å². The molecule has 1 fully saturated rings. The third kappa shape index (κ3) is 5.14. The van der Waals surface area contributed by atoms with Gasteiger partial charge in [-0.15, -0.1) is 16.7 Å². The number of nitrogens with one attached hydrogen (secondary N) is 1. The molecule has 0 saturated heterocycles. The Balaban J connectivity index is 1.79. The summed E-state index contributed by atoms with van der Waals surface area (Å²) in [5.41, 5.74) is -3.15. The predicted octanol–water partition coefficient (Wildman–Crippen LogP) is 4.72. The van der Waals surface area contributed by atoms with Crippen molar-refractivity contribution in [3.8, 4) is 11.4 Å². The lowest BCUT2D eigenvalue weighted by Gasteiger charge is -2.15. The number of amides is 1. The summed E-state index contributed by atoms with van der Waals surface area (Å²) in [5, 5.41) is 5.91. The Morgan fingerprint density at radius 1 is 1.14 bits per heavy atom. The van der Waals surface area contributed by atoms with E-state index in [4.69, 9.17) is 11.6 Å². The van der Waals surface area contributed by atoms with Crippen LogP contribution in [0.15, 0.2) is 35.1 Å². The number of hydrogen-bond acceptors (Lipinski definition) is 4. The molecule has 1 heterocycles. The second kappa shape index (κ2) is 9.29. The van der Waals surface area contributed by atoms with E-state index in [1.54, 1.807) is 0 Å². The summed E-state index contributed by atoms with van der Waals surface area (Å²) in [6, 6.07) is 3.56. The SMILES string of the molecule is O=C(Nc1c(F)cccc1F)c1cc(F)c(-n2nc(C3CC3)n(CCl)c2=O)cc1OCC(F)(F)F. The van der Waals surface area contributed by atoms with Crippen LogP contribution in [0.1, 0.15) is 34.9 Å². The smallest absolute Gasteiger partial charge is 0.422 e. The summed E-state index contributed by atoms with van der Waals surface area (Å²) in [4.78, 5) is 25.4. The lowest BCUT2D eigenvalue weighted by atomic mass is 10.1. The van der Waals surface area contributed by atoms with Crippen LogP contribution in [0.4, 0.5) is 32.0 Å². The fourth-order valence-corrected chi connectivity index (χ4v) is 3.51. The average molecular weight is 521 g/mol. The molecule has 0 spiro atoms. The standard InChI is InChI=1S/C21H15ClF6N4O3/c22-9-31-18(10-4-5-10)30-32(20(31)34)15-7-16(35-8-21(26,27)28)11(6-14(15)25)19(33)29-17-12(23)2-1-3-13(17)24/h1-3,6-7,10H,4-5,8-9H2,(H,29,33). The number of carbonyl (C=O) groups is 1. The van der Waals surface area contributed by atoms with Gasteiger partial charge in [-0.3, -0.25) is 9.36 Å². The van der Waals surface area contributed by atoms with Gasteiger partial charge in [0, 0.05) is 12.0 Å². The summed E-state index contributed by atoms with van der Waals surface area (Å²) in [6.45, 7) is -1.87. The monoisotopic (exact) mass is 520 g/mol. The Morgan fingerprint density at radius 2 is 1.80 bits per heavy atom. The van der Waals surface area contributed by atoms with Gasteiger partial charge < -0.3 is 10.1 Å². The van der Waals surface area contributed by atoms with Gasteiger partial charge in [0.2, 0.25) is 0 Å². The Kier molecular flexibility index (Phi) is 6.54. The third-order valence-electron chi connectivity index (χ3n) is 5.07. The zero-order valence-electron chi connectivity index (χ0n) is 17.5. The lowest BCUT2D eigenvalue weighted by Crippen LogP contribution is -2.25. The van der Waals surface area contributed by atoms with Crippen molar-refractivity contribution in [2.45, 2.75) is 30.9 Å². The Hall–Kier alpha value is -3.48. The highest BCUT2D eigenvalue weighted by Crippen LogP contribution is 2.39. The minimum atomic E-state index is -4.84. The summed E-state index contributed by atoms with van der Waals surface area (Å²) in [7, 11) is 0. The summed E-state index contributed by atoms with van der Waals surface area (Å²) in [6.07, 6.45) is -3.39. The molecule has 1 aliphatic rings. The maximum atomic E-state index is 15.0. The topological polar surface area (TPSA) is 78.2 Å². The molecule has 186 valence electrons. The molecule has 35 heavy (non-hydrogen) atoms. The number of ether oxygens (including phenoxy) is 1. The minimum Gasteiger partial charge on any atom is -0.483 e. The van der Waals surface area contributed by atoms with E-state index < -0.39 is 64.5 Å². The number of carbonyl (C=O) groups excluding carboxylic acids is 1. The van der Waals surface area contributed by atoms with E-state index in [-0.39, 0.29) is 17.7 Å². The molecule has 1 amide bonds. The molecule has 0 atom stereocenters. The van der Waals surface area contributed by atoms with Crippen LogP contribution < -0.4 is 15.7 Å². The first kappa shape index (κ1) is 24.6. The molecule has 0 unspecified atom stereocenters. The van der Waals surface area contributed by atoms with E-state index in [0.717, 1.165) is 35.6 Å². The predicted molar refractivity (Wildman–Crippen MR) is 111 cm³/mol. The second-order valence-corrected chi connectivity index (χ2v) is 7.87. The van der Waals surface area contributed by atoms with Crippen molar-refractivity contribution in [2.24, 2.45) is 0 Å². The Bertz CT molecular complexity index is 1330. The summed E-state index contributed by atoms with van der Waals surface area (Å²) in [5.74, 6) is -5.52. The van der Waals surface area contributed by atoms with Crippen LogP contribution in [0, 0.1) is 17.5 Å². The molecular weight excluding hydrogens is 506 g/mol. The largest absolute Gasteiger partial charge is 0.483 e. The van der Waals surface area contributed by atoms with Crippen molar-refractivity contribution >= 4 is 23.2 Å². The number of hydrogen-bond donors (Lipinski definition) is 1. The fourth-order valence-electron chi connectivity index (χ4n) is 3.28. The molecule has 3 aromatic rings. The van der Waals surface area contributed by atoms with Crippen LogP contribution >= 0.6 is 11.6 Å². The Morgan fingerprint density at radius 3 is 2.37 bits per heavy atom. The van der Waals surface area contributed by atoms with Gasteiger partial charge in [-0.1, -0.05) is 6.07 Å². The van der Waals surface area contributed by atoms with Crippen LogP contribution in [0.3, 0.4) is 0 Å². The third-order valence-corrected chi connectivity index (χ3v) is 5.31. The maximum Gasteiger partial charge on any atom is 0.422 e. The molecule has 7 nitrogen and oxygen atoms in total. The maximum absolute atomic E-state index is 15.0. The molecule has 14 heteroatoms. The van der Waals surface area contributed by atoms with Crippen molar-refractivity contribution in [3.63, 3.8) is 0 Å². The lowest BCUT2D eigenvalue weighted by molar-refractivity contribution is -0.153. The summed E-state index contributed by atoms with van der Waals surface area (Å²) >= 11 is 5.80. The van der Waals surface area contributed by atoms with Crippen LogP contribution in [-0.4, -0.2) is 33.0 Å².